The smallest absolute Gasteiger partial charge is 0.0387 e. The maximum absolute atomic E-state index is 3.81. The number of rotatable bonds is 1. The van der Waals surface area contributed by atoms with E-state index >= 15 is 0 Å². The van der Waals surface area contributed by atoms with Gasteiger partial charge in [-0.15, -0.1) is 0 Å². The third-order valence-corrected chi connectivity index (χ3v) is 4.70. The summed E-state index contributed by atoms with van der Waals surface area (Å²) in [5, 5.41) is 3.81. The van der Waals surface area contributed by atoms with E-state index in [0.717, 1.165) is 6.54 Å². The first kappa shape index (κ1) is 12.0. The first-order chi connectivity index (χ1) is 8.69. The van der Waals surface area contributed by atoms with Crippen LogP contribution in [0.25, 0.3) is 0 Å². The number of aryl methyl sites for hydroxylation is 1. The molecule has 2 heteroatoms. The van der Waals surface area contributed by atoms with Gasteiger partial charge in [-0.2, -0.15) is 0 Å². The zero-order valence-electron chi connectivity index (χ0n) is 11.6. The Morgan fingerprint density at radius 3 is 2.50 bits per heavy atom. The third kappa shape index (κ3) is 2.14. The lowest BCUT2D eigenvalue weighted by atomic mass is 9.92. The summed E-state index contributed by atoms with van der Waals surface area (Å²) in [4.78, 5) is 2.60. The Morgan fingerprint density at radius 1 is 1.17 bits per heavy atom. The monoisotopic (exact) mass is 244 g/mol. The van der Waals surface area contributed by atoms with Gasteiger partial charge in [0.25, 0.3) is 0 Å². The van der Waals surface area contributed by atoms with Gasteiger partial charge >= 0.3 is 0 Å². The molecular formula is C16H24N2. The van der Waals surface area contributed by atoms with Crippen LogP contribution in [0.1, 0.15) is 38.2 Å². The zero-order valence-corrected chi connectivity index (χ0v) is 11.6. The van der Waals surface area contributed by atoms with Crippen LogP contribution in [0, 0.1) is 6.92 Å². The molecule has 18 heavy (non-hydrogen) atoms. The average molecular weight is 244 g/mol. The predicted octanol–water partition coefficient (Wildman–Crippen LogP) is 3.11. The van der Waals surface area contributed by atoms with Crippen molar-refractivity contribution in [3.05, 3.63) is 29.8 Å². The summed E-state index contributed by atoms with van der Waals surface area (Å²) in [5.74, 6) is 0. The highest BCUT2D eigenvalue weighted by Crippen LogP contribution is 2.34. The van der Waals surface area contributed by atoms with Gasteiger partial charge in [0.05, 0.1) is 0 Å². The second-order valence-electron chi connectivity index (χ2n) is 6.18. The van der Waals surface area contributed by atoms with Crippen molar-refractivity contribution in [2.24, 2.45) is 0 Å². The summed E-state index contributed by atoms with van der Waals surface area (Å²) in [6.07, 6.45) is 5.48. The van der Waals surface area contributed by atoms with Crippen molar-refractivity contribution in [1.82, 2.24) is 5.32 Å². The summed E-state index contributed by atoms with van der Waals surface area (Å²) >= 11 is 0. The van der Waals surface area contributed by atoms with Crippen molar-refractivity contribution < 1.29 is 0 Å². The number of nitrogens with one attached hydrogen (secondary N) is 1. The second kappa shape index (κ2) is 4.58. The van der Waals surface area contributed by atoms with E-state index in [4.69, 9.17) is 0 Å². The van der Waals surface area contributed by atoms with Crippen molar-refractivity contribution in [2.45, 2.75) is 51.1 Å². The van der Waals surface area contributed by atoms with E-state index in [0.29, 0.717) is 11.6 Å². The fourth-order valence-corrected chi connectivity index (χ4v) is 3.48. The van der Waals surface area contributed by atoms with Crippen LogP contribution in [0.3, 0.4) is 0 Å². The summed E-state index contributed by atoms with van der Waals surface area (Å²) in [6.45, 7) is 6.78. The van der Waals surface area contributed by atoms with E-state index in [1.54, 1.807) is 0 Å². The van der Waals surface area contributed by atoms with Crippen molar-refractivity contribution >= 4 is 5.69 Å². The standard InChI is InChI=1S/C16H24N2/c1-13-5-7-15(8-6-13)18-12-16(9-3-4-10-16)17-11-14(18)2/h5-8,14,17H,3-4,9-12H2,1-2H3. The first-order valence-corrected chi connectivity index (χ1v) is 7.27. The van der Waals surface area contributed by atoms with Crippen molar-refractivity contribution in [1.29, 1.82) is 0 Å². The molecule has 2 aliphatic rings. The van der Waals surface area contributed by atoms with Gasteiger partial charge in [-0.3, -0.25) is 0 Å². The van der Waals surface area contributed by atoms with Crippen LogP contribution in [0.15, 0.2) is 24.3 Å². The summed E-state index contributed by atoms with van der Waals surface area (Å²) in [7, 11) is 0. The number of benzene rings is 1. The summed E-state index contributed by atoms with van der Waals surface area (Å²) in [5.41, 5.74) is 3.13. The van der Waals surface area contributed by atoms with Crippen LogP contribution in [-0.2, 0) is 0 Å². The van der Waals surface area contributed by atoms with E-state index in [1.807, 2.05) is 0 Å². The molecule has 1 saturated heterocycles. The normalized spacial score (nSPS) is 26.8. The fraction of sp³-hybridized carbons (Fsp3) is 0.625. The predicted molar refractivity (Wildman–Crippen MR) is 77.2 cm³/mol. The molecule has 2 fully saturated rings. The van der Waals surface area contributed by atoms with E-state index < -0.39 is 0 Å². The Balaban J connectivity index is 1.82. The highest BCUT2D eigenvalue weighted by molar-refractivity contribution is 5.49. The minimum absolute atomic E-state index is 0.400. The Labute approximate surface area is 110 Å². The van der Waals surface area contributed by atoms with E-state index in [9.17, 15) is 0 Å². The number of nitrogens with zero attached hydrogens (tertiary/aromatic N) is 1. The minimum atomic E-state index is 0.400. The molecule has 0 radical (unpaired) electrons. The van der Waals surface area contributed by atoms with Crippen LogP contribution in [0.4, 0.5) is 5.69 Å². The maximum Gasteiger partial charge on any atom is 0.0387 e. The average Bonchev–Trinajstić information content (AvgIpc) is 2.82. The Kier molecular flexibility index (Phi) is 3.06. The van der Waals surface area contributed by atoms with Crippen molar-refractivity contribution in [2.75, 3.05) is 18.0 Å². The molecule has 1 spiro atoms. The Bertz CT molecular complexity index is 404. The number of anilines is 1. The van der Waals surface area contributed by atoms with Crippen LogP contribution in [-0.4, -0.2) is 24.7 Å². The highest BCUT2D eigenvalue weighted by Gasteiger charge is 2.39. The number of hydrogen-bond donors (Lipinski definition) is 1. The molecule has 1 N–H and O–H groups in total. The molecule has 3 rings (SSSR count). The molecular weight excluding hydrogens is 220 g/mol. The molecule has 0 amide bonds. The molecule has 0 aromatic heterocycles. The van der Waals surface area contributed by atoms with E-state index in [1.165, 1.54) is 43.5 Å². The van der Waals surface area contributed by atoms with Gasteiger partial charge in [0.15, 0.2) is 0 Å². The van der Waals surface area contributed by atoms with Crippen molar-refractivity contribution in [3.63, 3.8) is 0 Å². The number of hydrogen-bond acceptors (Lipinski definition) is 2. The Hall–Kier alpha value is -1.02. The summed E-state index contributed by atoms with van der Waals surface area (Å²) in [6, 6.07) is 9.61. The molecule has 2 nitrogen and oxygen atoms in total. The maximum atomic E-state index is 3.81. The minimum Gasteiger partial charge on any atom is -0.366 e. The molecule has 1 atom stereocenters. The van der Waals surface area contributed by atoms with Crippen molar-refractivity contribution in [3.8, 4) is 0 Å². The lowest BCUT2D eigenvalue weighted by molar-refractivity contribution is 0.276. The molecule has 1 heterocycles. The lowest BCUT2D eigenvalue weighted by Crippen LogP contribution is -2.62. The molecule has 1 aromatic carbocycles. The third-order valence-electron chi connectivity index (χ3n) is 4.70. The molecule has 1 aliphatic carbocycles. The fourth-order valence-electron chi connectivity index (χ4n) is 3.48. The largest absolute Gasteiger partial charge is 0.366 e. The quantitative estimate of drug-likeness (QED) is 0.816. The Morgan fingerprint density at radius 2 is 1.83 bits per heavy atom. The van der Waals surface area contributed by atoms with E-state index in [2.05, 4.69) is 48.3 Å². The van der Waals surface area contributed by atoms with Crippen LogP contribution >= 0.6 is 0 Å². The molecule has 1 aromatic rings. The number of piperazine rings is 1. The lowest BCUT2D eigenvalue weighted by Gasteiger charge is -2.46. The van der Waals surface area contributed by atoms with Gasteiger partial charge in [-0.05, 0) is 38.8 Å². The van der Waals surface area contributed by atoms with Gasteiger partial charge in [-0.25, -0.2) is 0 Å². The summed E-state index contributed by atoms with van der Waals surface area (Å²) < 4.78 is 0. The zero-order chi connectivity index (χ0) is 12.6. The topological polar surface area (TPSA) is 15.3 Å². The van der Waals surface area contributed by atoms with Gasteiger partial charge < -0.3 is 10.2 Å². The van der Waals surface area contributed by atoms with Crippen LogP contribution in [0.2, 0.25) is 0 Å². The van der Waals surface area contributed by atoms with Gasteiger partial charge in [0.1, 0.15) is 0 Å². The van der Waals surface area contributed by atoms with E-state index in [-0.39, 0.29) is 0 Å². The van der Waals surface area contributed by atoms with Gasteiger partial charge in [0, 0.05) is 30.4 Å². The molecule has 1 unspecified atom stereocenters. The van der Waals surface area contributed by atoms with Crippen LogP contribution in [0.5, 0.6) is 0 Å². The highest BCUT2D eigenvalue weighted by atomic mass is 15.3. The molecule has 1 aliphatic heterocycles. The van der Waals surface area contributed by atoms with Gasteiger partial charge in [0.2, 0.25) is 0 Å². The molecule has 98 valence electrons. The molecule has 0 bridgehead atoms. The molecule has 1 saturated carbocycles. The first-order valence-electron chi connectivity index (χ1n) is 7.27. The van der Waals surface area contributed by atoms with Gasteiger partial charge in [-0.1, -0.05) is 30.5 Å². The SMILES string of the molecule is Cc1ccc(N2CC3(CCCC3)NCC2C)cc1. The second-order valence-corrected chi connectivity index (χ2v) is 6.18. The van der Waals surface area contributed by atoms with Crippen LogP contribution < -0.4 is 10.2 Å².